The second kappa shape index (κ2) is 7.20. The summed E-state index contributed by atoms with van der Waals surface area (Å²) in [5, 5.41) is 3.01. The number of hydrogen-bond acceptors (Lipinski definition) is 7. The molecular formula is C20H16BrN5O4S. The van der Waals surface area contributed by atoms with Crippen molar-refractivity contribution >= 4 is 54.9 Å². The maximum atomic E-state index is 13.0. The first-order valence-electron chi connectivity index (χ1n) is 9.26. The van der Waals surface area contributed by atoms with Crippen LogP contribution in [-0.4, -0.2) is 37.4 Å². The molecule has 0 saturated carbocycles. The Balaban J connectivity index is 1.45. The van der Waals surface area contributed by atoms with Gasteiger partial charge in [0.25, 0.3) is 0 Å². The molecule has 158 valence electrons. The molecule has 2 aliphatic heterocycles. The van der Waals surface area contributed by atoms with Crippen LogP contribution < -0.4 is 19.9 Å². The number of rotatable bonds is 3. The standard InChI is InChI=1S/C20H16BrN5O4S/c1-25-18-12(10-26(20(25)27)15-5-3-2-4-14(15)21)9-22-19(24-18)23-13-6-7-16-17(8-13)31(28,29)11-30-16/h2-9H,10-11H2,1H3,(H,22,23,24). The molecular weight excluding hydrogens is 486 g/mol. The minimum Gasteiger partial charge on any atom is -0.476 e. The number of carbonyl (C=O) groups excluding carboxylic acids is 1. The summed E-state index contributed by atoms with van der Waals surface area (Å²) in [4.78, 5) is 25.1. The van der Waals surface area contributed by atoms with Gasteiger partial charge in [-0.3, -0.25) is 9.80 Å². The summed E-state index contributed by atoms with van der Waals surface area (Å²) in [6.07, 6.45) is 1.66. The van der Waals surface area contributed by atoms with Gasteiger partial charge in [0.05, 0.1) is 12.2 Å². The molecule has 2 amide bonds. The molecule has 1 N–H and O–H groups in total. The van der Waals surface area contributed by atoms with Crippen molar-refractivity contribution in [1.82, 2.24) is 9.97 Å². The lowest BCUT2D eigenvalue weighted by atomic mass is 10.2. The average Bonchev–Trinajstić information content (AvgIpc) is 3.06. The molecule has 0 spiro atoms. The second-order valence-corrected chi connectivity index (χ2v) is 9.84. The maximum Gasteiger partial charge on any atom is 0.330 e. The van der Waals surface area contributed by atoms with Gasteiger partial charge in [0.15, 0.2) is 5.94 Å². The summed E-state index contributed by atoms with van der Waals surface area (Å²) < 4.78 is 30.1. The fourth-order valence-corrected chi connectivity index (χ4v) is 5.16. The van der Waals surface area contributed by atoms with Crippen molar-refractivity contribution in [3.63, 3.8) is 0 Å². The fraction of sp³-hybridized carbons (Fsp3) is 0.150. The molecule has 0 saturated heterocycles. The average molecular weight is 502 g/mol. The molecule has 0 fully saturated rings. The highest BCUT2D eigenvalue weighted by Gasteiger charge is 2.32. The van der Waals surface area contributed by atoms with Gasteiger partial charge < -0.3 is 10.1 Å². The van der Waals surface area contributed by atoms with Gasteiger partial charge in [0, 0.05) is 29.0 Å². The first kappa shape index (κ1) is 19.8. The zero-order chi connectivity index (χ0) is 21.8. The van der Waals surface area contributed by atoms with Crippen LogP contribution in [0.25, 0.3) is 0 Å². The van der Waals surface area contributed by atoms with Crippen LogP contribution in [-0.2, 0) is 16.4 Å². The number of aromatic nitrogens is 2. The van der Waals surface area contributed by atoms with Crippen molar-refractivity contribution in [2.45, 2.75) is 11.4 Å². The number of fused-ring (bicyclic) bond motifs is 2. The summed E-state index contributed by atoms with van der Waals surface area (Å²) in [5.74, 6) is 0.712. The Kier molecular flexibility index (Phi) is 4.59. The third-order valence-electron chi connectivity index (χ3n) is 5.05. The highest BCUT2D eigenvalue weighted by atomic mass is 79.9. The van der Waals surface area contributed by atoms with Crippen LogP contribution in [0.5, 0.6) is 5.75 Å². The number of halogens is 1. The first-order valence-corrected chi connectivity index (χ1v) is 11.7. The van der Waals surface area contributed by atoms with Crippen LogP contribution in [0.15, 0.2) is 58.0 Å². The van der Waals surface area contributed by atoms with Crippen molar-refractivity contribution in [2.24, 2.45) is 0 Å². The van der Waals surface area contributed by atoms with E-state index in [2.05, 4.69) is 31.2 Å². The van der Waals surface area contributed by atoms with Gasteiger partial charge in [0.1, 0.15) is 16.5 Å². The normalized spacial score (nSPS) is 16.5. The fourth-order valence-electron chi connectivity index (χ4n) is 3.51. The third-order valence-corrected chi connectivity index (χ3v) is 7.14. The van der Waals surface area contributed by atoms with Gasteiger partial charge in [-0.2, -0.15) is 4.98 Å². The quantitative estimate of drug-likeness (QED) is 0.583. The van der Waals surface area contributed by atoms with E-state index < -0.39 is 9.84 Å². The first-order chi connectivity index (χ1) is 14.8. The lowest BCUT2D eigenvalue weighted by Gasteiger charge is -2.34. The van der Waals surface area contributed by atoms with Crippen LogP contribution in [0.1, 0.15) is 5.56 Å². The lowest BCUT2D eigenvalue weighted by Crippen LogP contribution is -2.46. The molecule has 0 bridgehead atoms. The van der Waals surface area contributed by atoms with Gasteiger partial charge >= 0.3 is 6.03 Å². The molecule has 0 atom stereocenters. The van der Waals surface area contributed by atoms with E-state index >= 15 is 0 Å². The molecule has 2 aromatic carbocycles. The molecule has 3 heterocycles. The predicted molar refractivity (Wildman–Crippen MR) is 119 cm³/mol. The van der Waals surface area contributed by atoms with Crippen molar-refractivity contribution < 1.29 is 17.9 Å². The van der Waals surface area contributed by atoms with Gasteiger partial charge in [-0.15, -0.1) is 0 Å². The number of anilines is 4. The monoisotopic (exact) mass is 501 g/mol. The molecule has 9 nitrogen and oxygen atoms in total. The van der Waals surface area contributed by atoms with Gasteiger partial charge in [-0.25, -0.2) is 18.2 Å². The Morgan fingerprint density at radius 1 is 1.19 bits per heavy atom. The smallest absolute Gasteiger partial charge is 0.330 e. The Labute approximate surface area is 186 Å². The van der Waals surface area contributed by atoms with Crippen molar-refractivity contribution in [1.29, 1.82) is 0 Å². The lowest BCUT2D eigenvalue weighted by molar-refractivity contribution is 0.251. The zero-order valence-electron chi connectivity index (χ0n) is 16.2. The van der Waals surface area contributed by atoms with Crippen LogP contribution in [0, 0.1) is 0 Å². The molecule has 5 rings (SSSR count). The Bertz CT molecular complexity index is 1330. The predicted octanol–water partition coefficient (Wildman–Crippen LogP) is 3.68. The summed E-state index contributed by atoms with van der Waals surface area (Å²) >= 11 is 3.49. The van der Waals surface area contributed by atoms with E-state index in [-0.39, 0.29) is 22.8 Å². The van der Waals surface area contributed by atoms with E-state index in [1.807, 2.05) is 24.3 Å². The SMILES string of the molecule is CN1C(=O)N(c2ccccc2Br)Cc2cnc(Nc3ccc4c(c3)S(=O)(=O)CO4)nc21. The molecule has 1 aromatic heterocycles. The second-order valence-electron chi connectivity index (χ2n) is 7.09. The molecule has 0 radical (unpaired) electrons. The highest BCUT2D eigenvalue weighted by molar-refractivity contribution is 9.10. The van der Waals surface area contributed by atoms with Crippen LogP contribution in [0.2, 0.25) is 0 Å². The van der Waals surface area contributed by atoms with E-state index in [0.29, 0.717) is 23.8 Å². The third kappa shape index (κ3) is 3.39. The minimum absolute atomic E-state index is 0.131. The van der Waals surface area contributed by atoms with E-state index in [0.717, 1.165) is 15.7 Å². The van der Waals surface area contributed by atoms with E-state index in [1.54, 1.807) is 30.3 Å². The molecule has 3 aromatic rings. The molecule has 2 aliphatic rings. The molecule has 0 unspecified atom stereocenters. The van der Waals surface area contributed by atoms with Crippen molar-refractivity contribution in [3.05, 3.63) is 58.7 Å². The number of amides is 2. The number of sulfone groups is 1. The van der Waals surface area contributed by atoms with Gasteiger partial charge in [-0.1, -0.05) is 12.1 Å². The summed E-state index contributed by atoms with van der Waals surface area (Å²) in [7, 11) is -1.80. The zero-order valence-corrected chi connectivity index (χ0v) is 18.6. The van der Waals surface area contributed by atoms with E-state index in [4.69, 9.17) is 4.74 Å². The topological polar surface area (TPSA) is 105 Å². The van der Waals surface area contributed by atoms with Crippen molar-refractivity contribution in [3.8, 4) is 5.75 Å². The number of carbonyl (C=O) groups is 1. The van der Waals surface area contributed by atoms with Crippen LogP contribution >= 0.6 is 15.9 Å². The van der Waals surface area contributed by atoms with E-state index in [1.165, 1.54) is 11.0 Å². The number of hydrogen-bond donors (Lipinski definition) is 1. The molecule has 31 heavy (non-hydrogen) atoms. The number of nitrogens with one attached hydrogen (secondary N) is 1. The van der Waals surface area contributed by atoms with Gasteiger partial charge in [-0.05, 0) is 46.3 Å². The number of para-hydroxylation sites is 1. The van der Waals surface area contributed by atoms with Gasteiger partial charge in [0.2, 0.25) is 15.8 Å². The number of nitrogens with zero attached hydrogens (tertiary/aromatic N) is 4. The number of ether oxygens (including phenoxy) is 1. The number of benzene rings is 2. The molecule has 0 aliphatic carbocycles. The summed E-state index contributed by atoms with van der Waals surface area (Å²) in [6.45, 7) is 0.329. The highest BCUT2D eigenvalue weighted by Crippen LogP contribution is 2.36. The van der Waals surface area contributed by atoms with Crippen LogP contribution in [0.4, 0.5) is 27.9 Å². The maximum absolute atomic E-state index is 13.0. The van der Waals surface area contributed by atoms with Crippen LogP contribution in [0.3, 0.4) is 0 Å². The Morgan fingerprint density at radius 2 is 2.00 bits per heavy atom. The Morgan fingerprint density at radius 3 is 2.81 bits per heavy atom. The van der Waals surface area contributed by atoms with E-state index in [9.17, 15) is 13.2 Å². The number of urea groups is 1. The van der Waals surface area contributed by atoms with Crippen molar-refractivity contribution in [2.75, 3.05) is 28.1 Å². The minimum atomic E-state index is -3.45. The largest absolute Gasteiger partial charge is 0.476 e. The molecule has 11 heteroatoms. The summed E-state index contributed by atoms with van der Waals surface area (Å²) in [6, 6.07) is 12.0. The summed E-state index contributed by atoms with van der Waals surface area (Å²) in [5.41, 5.74) is 2.05. The Hall–Kier alpha value is -3.18.